The number of nitrogens with zero attached hydrogens (tertiary/aromatic N) is 3. The van der Waals surface area contributed by atoms with Gasteiger partial charge >= 0.3 is 0 Å². The van der Waals surface area contributed by atoms with Crippen molar-refractivity contribution in [1.29, 1.82) is 0 Å². The third-order valence-corrected chi connectivity index (χ3v) is 6.61. The number of thiophene rings is 1. The van der Waals surface area contributed by atoms with E-state index in [4.69, 9.17) is 20.0 Å². The van der Waals surface area contributed by atoms with E-state index in [2.05, 4.69) is 39.5 Å². The minimum absolute atomic E-state index is 0.0244. The van der Waals surface area contributed by atoms with Crippen LogP contribution < -0.4 is 25.8 Å². The van der Waals surface area contributed by atoms with Gasteiger partial charge in [0.05, 0.1) is 36.5 Å². The van der Waals surface area contributed by atoms with E-state index in [1.54, 1.807) is 33.4 Å². The number of hydrogen-bond donors (Lipinski definition) is 3. The van der Waals surface area contributed by atoms with Crippen molar-refractivity contribution in [1.82, 2.24) is 10.2 Å². The van der Waals surface area contributed by atoms with E-state index in [1.807, 2.05) is 19.1 Å². The summed E-state index contributed by atoms with van der Waals surface area (Å²) >= 11 is 1.33. The number of aliphatic imine (C=N–C) groups is 1. The lowest BCUT2D eigenvalue weighted by Gasteiger charge is -2.17. The fraction of sp³-hybridized carbons (Fsp3) is 0.480. The number of nitrogens with one attached hydrogen (secondary N) is 2. The number of methoxy groups -OCH3 is 2. The predicted molar refractivity (Wildman–Crippen MR) is 147 cm³/mol. The highest BCUT2D eigenvalue weighted by Crippen LogP contribution is 2.32. The number of oxime groups is 1. The zero-order valence-electron chi connectivity index (χ0n) is 22.0. The molecule has 2 rings (SSSR count). The van der Waals surface area contributed by atoms with Crippen LogP contribution in [0.4, 0.5) is 5.00 Å². The SMILES string of the molecule is CCNC(=O)c1cc(C(=N\CN)/C(=N/OCCN(CC)CC)c2ccc(OC)c(OC)c2)c(NC)s1. The molecule has 0 aliphatic carbocycles. The maximum absolute atomic E-state index is 12.5. The van der Waals surface area contributed by atoms with Crippen molar-refractivity contribution in [2.75, 3.05) is 66.0 Å². The van der Waals surface area contributed by atoms with Crippen LogP contribution in [0.25, 0.3) is 0 Å². The molecule has 10 nitrogen and oxygen atoms in total. The van der Waals surface area contributed by atoms with Crippen molar-refractivity contribution in [2.24, 2.45) is 15.9 Å². The van der Waals surface area contributed by atoms with Crippen LogP contribution in [0.3, 0.4) is 0 Å². The molecule has 0 aliphatic heterocycles. The van der Waals surface area contributed by atoms with Crippen molar-refractivity contribution < 1.29 is 19.1 Å². The van der Waals surface area contributed by atoms with Gasteiger partial charge in [-0.1, -0.05) is 19.0 Å². The van der Waals surface area contributed by atoms with Gasteiger partial charge in [0.25, 0.3) is 5.91 Å². The lowest BCUT2D eigenvalue weighted by molar-refractivity contribution is 0.0960. The summed E-state index contributed by atoms with van der Waals surface area (Å²) in [6.45, 7) is 9.64. The highest BCUT2D eigenvalue weighted by molar-refractivity contribution is 7.18. The van der Waals surface area contributed by atoms with Crippen LogP contribution in [0, 0.1) is 0 Å². The molecule has 0 spiro atoms. The van der Waals surface area contributed by atoms with Crippen LogP contribution in [0.5, 0.6) is 11.5 Å². The average molecular weight is 519 g/mol. The molecule has 1 amide bonds. The maximum Gasteiger partial charge on any atom is 0.261 e. The van der Waals surface area contributed by atoms with Crippen LogP contribution in [-0.4, -0.2) is 83.0 Å². The van der Waals surface area contributed by atoms with Gasteiger partial charge in [0.1, 0.15) is 12.3 Å². The van der Waals surface area contributed by atoms with Gasteiger partial charge in [0.2, 0.25) is 0 Å². The van der Waals surface area contributed by atoms with Crippen LogP contribution >= 0.6 is 11.3 Å². The number of likely N-dealkylation sites (N-methyl/N-ethyl adjacent to an activating group) is 1. The summed E-state index contributed by atoms with van der Waals surface area (Å²) in [6.07, 6.45) is 0. The van der Waals surface area contributed by atoms with E-state index in [1.165, 1.54) is 11.3 Å². The van der Waals surface area contributed by atoms with E-state index in [0.717, 1.165) is 24.6 Å². The quantitative estimate of drug-likeness (QED) is 0.188. The number of carbonyl (C=O) groups is 1. The number of hydrogen-bond acceptors (Lipinski definition) is 10. The van der Waals surface area contributed by atoms with Crippen LogP contribution in [0.15, 0.2) is 34.4 Å². The van der Waals surface area contributed by atoms with Crippen molar-refractivity contribution in [2.45, 2.75) is 20.8 Å². The van der Waals surface area contributed by atoms with Gasteiger partial charge < -0.3 is 35.6 Å². The lowest BCUT2D eigenvalue weighted by Crippen LogP contribution is -2.27. The highest BCUT2D eigenvalue weighted by atomic mass is 32.1. The third kappa shape index (κ3) is 7.42. The number of amides is 1. The van der Waals surface area contributed by atoms with E-state index >= 15 is 0 Å². The van der Waals surface area contributed by atoms with Crippen LogP contribution in [-0.2, 0) is 4.84 Å². The number of ether oxygens (including phenoxy) is 2. The molecule has 0 fully saturated rings. The number of rotatable bonds is 15. The van der Waals surface area contributed by atoms with E-state index in [0.29, 0.717) is 52.1 Å². The molecule has 11 heteroatoms. The molecule has 1 heterocycles. The average Bonchev–Trinajstić information content (AvgIpc) is 3.34. The molecule has 0 saturated heterocycles. The summed E-state index contributed by atoms with van der Waals surface area (Å²) in [4.78, 5) is 25.7. The van der Waals surface area contributed by atoms with E-state index in [-0.39, 0.29) is 12.6 Å². The molecule has 1 aromatic heterocycles. The minimum Gasteiger partial charge on any atom is -0.493 e. The molecule has 0 bridgehead atoms. The first kappa shape index (κ1) is 29.1. The van der Waals surface area contributed by atoms with Gasteiger partial charge in [-0.25, -0.2) is 0 Å². The zero-order chi connectivity index (χ0) is 26.5. The predicted octanol–water partition coefficient (Wildman–Crippen LogP) is 3.02. The highest BCUT2D eigenvalue weighted by Gasteiger charge is 2.24. The van der Waals surface area contributed by atoms with Crippen molar-refractivity contribution in [3.05, 3.63) is 40.3 Å². The topological polar surface area (TPSA) is 123 Å². The van der Waals surface area contributed by atoms with Crippen molar-refractivity contribution >= 4 is 33.7 Å². The largest absolute Gasteiger partial charge is 0.493 e. The first-order chi connectivity index (χ1) is 17.5. The number of benzene rings is 1. The smallest absolute Gasteiger partial charge is 0.261 e. The molecule has 2 aromatic rings. The van der Waals surface area contributed by atoms with Gasteiger partial charge in [-0.2, -0.15) is 0 Å². The van der Waals surface area contributed by atoms with E-state index in [9.17, 15) is 4.79 Å². The normalized spacial score (nSPS) is 12.0. The summed E-state index contributed by atoms with van der Waals surface area (Å²) in [7, 11) is 4.95. The maximum atomic E-state index is 12.5. The van der Waals surface area contributed by atoms with Gasteiger partial charge in [-0.05, 0) is 44.3 Å². The Morgan fingerprint density at radius 2 is 1.81 bits per heavy atom. The van der Waals surface area contributed by atoms with Crippen molar-refractivity contribution in [3.8, 4) is 11.5 Å². The zero-order valence-corrected chi connectivity index (χ0v) is 22.8. The Morgan fingerprint density at radius 1 is 1.08 bits per heavy atom. The lowest BCUT2D eigenvalue weighted by atomic mass is 10.00. The first-order valence-corrected chi connectivity index (χ1v) is 12.8. The Hall–Kier alpha value is -3.15. The Balaban J connectivity index is 2.60. The fourth-order valence-electron chi connectivity index (χ4n) is 3.53. The summed E-state index contributed by atoms with van der Waals surface area (Å²) in [5, 5.41) is 11.3. The molecule has 0 unspecified atom stereocenters. The number of nitrogens with two attached hydrogens (primary N) is 1. The molecule has 0 radical (unpaired) electrons. The number of anilines is 1. The van der Waals surface area contributed by atoms with E-state index < -0.39 is 0 Å². The first-order valence-electron chi connectivity index (χ1n) is 12.0. The molecule has 198 valence electrons. The summed E-state index contributed by atoms with van der Waals surface area (Å²) in [5.74, 6) is 0.975. The van der Waals surface area contributed by atoms with Crippen molar-refractivity contribution in [3.63, 3.8) is 0 Å². The standard InChI is InChI=1S/C25H38N6O4S/c1-7-28-24(32)21-15-18(25(27-4)36-21)23(29-16-26)22(30-35-13-12-31(8-2)9-3)17-10-11-19(33-5)20(14-17)34-6/h10-11,14-15,27H,7-9,12-13,16,26H2,1-6H3,(H,28,32)/b29-23+,30-22+. The molecule has 36 heavy (non-hydrogen) atoms. The second-order valence-electron chi connectivity index (χ2n) is 7.52. The fourth-order valence-corrected chi connectivity index (χ4v) is 4.46. The Labute approximate surface area is 217 Å². The molecule has 0 saturated carbocycles. The molecular formula is C25H38N6O4S. The molecule has 4 N–H and O–H groups in total. The van der Waals surface area contributed by atoms with Gasteiger partial charge in [0.15, 0.2) is 11.5 Å². The second-order valence-corrected chi connectivity index (χ2v) is 8.57. The summed E-state index contributed by atoms with van der Waals surface area (Å²) in [6, 6.07) is 7.26. The third-order valence-electron chi connectivity index (χ3n) is 5.46. The summed E-state index contributed by atoms with van der Waals surface area (Å²) in [5.41, 5.74) is 8.27. The van der Waals surface area contributed by atoms with Gasteiger partial charge in [-0.15, -0.1) is 11.3 Å². The minimum atomic E-state index is -0.155. The Kier molecular flexibility index (Phi) is 12.2. The molecule has 1 aromatic carbocycles. The van der Waals surface area contributed by atoms with Crippen LogP contribution in [0.1, 0.15) is 41.6 Å². The monoisotopic (exact) mass is 518 g/mol. The Morgan fingerprint density at radius 3 is 2.39 bits per heavy atom. The van der Waals surface area contributed by atoms with Crippen LogP contribution in [0.2, 0.25) is 0 Å². The second kappa shape index (κ2) is 15.1. The summed E-state index contributed by atoms with van der Waals surface area (Å²) < 4.78 is 10.9. The molecule has 0 atom stereocenters. The molecular weight excluding hydrogens is 480 g/mol. The Bertz CT molecular complexity index is 1050. The van der Waals surface area contributed by atoms with Gasteiger partial charge in [0, 0.05) is 31.3 Å². The molecule has 0 aliphatic rings. The van der Waals surface area contributed by atoms with Gasteiger partial charge in [-0.3, -0.25) is 9.79 Å². The number of carbonyl (C=O) groups excluding carboxylic acids is 1.